The number of nitrogens with one attached hydrogen (secondary N) is 1. The molecule has 0 amide bonds. The lowest BCUT2D eigenvalue weighted by Gasteiger charge is -1.90. The van der Waals surface area contributed by atoms with Crippen molar-refractivity contribution in [3.8, 4) is 11.8 Å². The third-order valence-corrected chi connectivity index (χ3v) is 2.07. The lowest BCUT2D eigenvalue weighted by Crippen LogP contribution is -1.77. The molecule has 16 heavy (non-hydrogen) atoms. The first kappa shape index (κ1) is 10.1. The number of hydrogen-bond donors (Lipinski definition) is 1. The zero-order valence-electron chi connectivity index (χ0n) is 8.51. The second-order valence-corrected chi connectivity index (χ2v) is 3.18. The molecule has 0 spiro atoms. The summed E-state index contributed by atoms with van der Waals surface area (Å²) in [5, 5.41) is 11.3. The Bertz CT molecular complexity index is 595. The van der Waals surface area contributed by atoms with Crippen molar-refractivity contribution in [1.29, 1.82) is 0 Å². The summed E-state index contributed by atoms with van der Waals surface area (Å²) in [6, 6.07) is 5.86. The van der Waals surface area contributed by atoms with Crippen molar-refractivity contribution < 1.29 is 0 Å². The largest absolute Gasteiger partial charge is 0.278 e. The van der Waals surface area contributed by atoms with Crippen LogP contribution in [0.1, 0.15) is 12.0 Å². The highest BCUT2D eigenvalue weighted by Crippen LogP contribution is 2.11. The van der Waals surface area contributed by atoms with Crippen LogP contribution in [0.25, 0.3) is 21.3 Å². The van der Waals surface area contributed by atoms with Crippen LogP contribution in [0.5, 0.6) is 0 Å². The fourth-order valence-corrected chi connectivity index (χ4v) is 1.33. The Morgan fingerprint density at radius 3 is 3.31 bits per heavy atom. The highest BCUT2D eigenvalue weighted by atomic mass is 15.1. The Morgan fingerprint density at radius 2 is 2.44 bits per heavy atom. The van der Waals surface area contributed by atoms with Crippen LogP contribution >= 0.6 is 0 Å². The van der Waals surface area contributed by atoms with Gasteiger partial charge < -0.3 is 0 Å². The van der Waals surface area contributed by atoms with Gasteiger partial charge in [0, 0.05) is 28.8 Å². The molecule has 0 aliphatic carbocycles. The topological polar surface area (TPSA) is 77.4 Å². The van der Waals surface area contributed by atoms with Crippen molar-refractivity contribution in [1.82, 2.24) is 10.2 Å². The van der Waals surface area contributed by atoms with Gasteiger partial charge in [0.1, 0.15) is 0 Å². The van der Waals surface area contributed by atoms with Crippen LogP contribution in [-0.4, -0.2) is 16.7 Å². The van der Waals surface area contributed by atoms with Gasteiger partial charge in [0.2, 0.25) is 0 Å². The first-order chi connectivity index (χ1) is 7.90. The summed E-state index contributed by atoms with van der Waals surface area (Å²) in [5.74, 6) is 5.95. The van der Waals surface area contributed by atoms with Crippen molar-refractivity contribution in [2.45, 2.75) is 6.42 Å². The summed E-state index contributed by atoms with van der Waals surface area (Å²) in [6.07, 6.45) is 2.35. The monoisotopic (exact) mass is 211 g/mol. The van der Waals surface area contributed by atoms with Crippen LogP contribution in [0.4, 0.5) is 0 Å². The van der Waals surface area contributed by atoms with E-state index in [1.165, 1.54) is 0 Å². The molecular formula is C11H9N5. The number of benzene rings is 1. The molecule has 0 bridgehead atoms. The predicted molar refractivity (Wildman–Crippen MR) is 61.6 cm³/mol. The second kappa shape index (κ2) is 4.87. The number of rotatable bonds is 2. The molecule has 0 unspecified atom stereocenters. The molecule has 0 atom stereocenters. The number of aromatic amines is 1. The highest BCUT2D eigenvalue weighted by molar-refractivity contribution is 5.79. The molecule has 1 aromatic carbocycles. The van der Waals surface area contributed by atoms with E-state index >= 15 is 0 Å². The van der Waals surface area contributed by atoms with E-state index < -0.39 is 0 Å². The predicted octanol–water partition coefficient (Wildman–Crippen LogP) is 2.61. The van der Waals surface area contributed by atoms with E-state index in [-0.39, 0.29) is 0 Å². The molecule has 0 radical (unpaired) electrons. The fraction of sp³-hybridized carbons (Fsp3) is 0.182. The number of H-pyrrole nitrogens is 1. The SMILES string of the molecule is [N-]=[N+]=NCCC#Cc1ccc2cn[nH]c2c1. The molecule has 1 heterocycles. The number of nitrogens with zero attached hydrogens (tertiary/aromatic N) is 4. The molecule has 78 valence electrons. The van der Waals surface area contributed by atoms with Gasteiger partial charge in [-0.2, -0.15) is 5.10 Å². The van der Waals surface area contributed by atoms with Crippen LogP contribution in [0.2, 0.25) is 0 Å². The van der Waals surface area contributed by atoms with Crippen LogP contribution < -0.4 is 0 Å². The summed E-state index contributed by atoms with van der Waals surface area (Å²) in [5.41, 5.74) is 9.98. The van der Waals surface area contributed by atoms with Crippen LogP contribution in [0.15, 0.2) is 29.5 Å². The lowest BCUT2D eigenvalue weighted by molar-refractivity contribution is 1.01. The highest BCUT2D eigenvalue weighted by Gasteiger charge is 1.94. The third-order valence-electron chi connectivity index (χ3n) is 2.07. The quantitative estimate of drug-likeness (QED) is 0.268. The Hall–Kier alpha value is -2.44. The Labute approximate surface area is 92.1 Å². The first-order valence-electron chi connectivity index (χ1n) is 4.83. The van der Waals surface area contributed by atoms with E-state index in [9.17, 15) is 0 Å². The lowest BCUT2D eigenvalue weighted by atomic mass is 10.2. The number of azide groups is 1. The van der Waals surface area contributed by atoms with Crippen molar-refractivity contribution >= 4 is 10.9 Å². The fourth-order valence-electron chi connectivity index (χ4n) is 1.33. The maximum Gasteiger partial charge on any atom is 0.0662 e. The molecule has 5 nitrogen and oxygen atoms in total. The molecule has 0 aliphatic rings. The van der Waals surface area contributed by atoms with Gasteiger partial charge in [-0.3, -0.25) is 5.10 Å². The van der Waals surface area contributed by atoms with Crippen molar-refractivity contribution in [3.05, 3.63) is 40.4 Å². The van der Waals surface area contributed by atoms with Gasteiger partial charge in [-0.15, -0.1) is 0 Å². The summed E-state index contributed by atoms with van der Waals surface area (Å²) in [7, 11) is 0. The Kier molecular flexibility index (Phi) is 3.07. The zero-order valence-corrected chi connectivity index (χ0v) is 8.51. The summed E-state index contributed by atoms with van der Waals surface area (Å²) < 4.78 is 0. The zero-order chi connectivity index (χ0) is 11.2. The molecule has 0 fully saturated rings. The molecule has 0 aliphatic heterocycles. The van der Waals surface area contributed by atoms with E-state index in [1.54, 1.807) is 6.20 Å². The van der Waals surface area contributed by atoms with E-state index in [4.69, 9.17) is 5.53 Å². The molecule has 0 saturated heterocycles. The van der Waals surface area contributed by atoms with E-state index in [0.29, 0.717) is 13.0 Å². The molecule has 1 N–H and O–H groups in total. The van der Waals surface area contributed by atoms with Crippen LogP contribution in [-0.2, 0) is 0 Å². The van der Waals surface area contributed by atoms with Crippen molar-refractivity contribution in [2.24, 2.45) is 5.11 Å². The minimum atomic E-state index is 0.413. The average molecular weight is 211 g/mol. The number of hydrogen-bond acceptors (Lipinski definition) is 2. The Morgan fingerprint density at radius 1 is 1.50 bits per heavy atom. The minimum absolute atomic E-state index is 0.413. The number of fused-ring (bicyclic) bond motifs is 1. The van der Waals surface area contributed by atoms with Gasteiger partial charge in [-0.25, -0.2) is 0 Å². The molecule has 0 saturated carbocycles. The van der Waals surface area contributed by atoms with Gasteiger partial charge in [0.05, 0.1) is 11.7 Å². The summed E-state index contributed by atoms with van der Waals surface area (Å²) >= 11 is 0. The van der Waals surface area contributed by atoms with E-state index in [0.717, 1.165) is 16.5 Å². The van der Waals surface area contributed by atoms with Gasteiger partial charge in [0.15, 0.2) is 0 Å². The van der Waals surface area contributed by atoms with E-state index in [1.807, 2.05) is 18.2 Å². The first-order valence-corrected chi connectivity index (χ1v) is 4.83. The third kappa shape index (κ3) is 2.32. The smallest absolute Gasteiger partial charge is 0.0662 e. The van der Waals surface area contributed by atoms with Crippen molar-refractivity contribution in [2.75, 3.05) is 6.54 Å². The van der Waals surface area contributed by atoms with Gasteiger partial charge in [0.25, 0.3) is 0 Å². The molecule has 1 aromatic heterocycles. The van der Waals surface area contributed by atoms with Gasteiger partial charge in [-0.05, 0) is 23.7 Å². The minimum Gasteiger partial charge on any atom is -0.278 e. The molecule has 5 heteroatoms. The molecular weight excluding hydrogens is 202 g/mol. The Balaban J connectivity index is 2.11. The summed E-state index contributed by atoms with van der Waals surface area (Å²) in [6.45, 7) is 0.413. The van der Waals surface area contributed by atoms with Crippen LogP contribution in [0, 0.1) is 11.8 Å². The number of aromatic nitrogens is 2. The molecule has 2 rings (SSSR count). The maximum absolute atomic E-state index is 8.08. The average Bonchev–Trinajstić information content (AvgIpc) is 2.76. The maximum atomic E-state index is 8.08. The van der Waals surface area contributed by atoms with Crippen LogP contribution in [0.3, 0.4) is 0 Å². The van der Waals surface area contributed by atoms with Crippen molar-refractivity contribution in [3.63, 3.8) is 0 Å². The summed E-state index contributed by atoms with van der Waals surface area (Å²) in [4.78, 5) is 2.66. The standard InChI is InChI=1S/C11H9N5/c12-16-13-6-2-1-3-9-4-5-10-8-14-15-11(10)7-9/h4-5,7-8H,2,6H2,(H,14,15). The van der Waals surface area contributed by atoms with E-state index in [2.05, 4.69) is 32.1 Å². The molecule has 2 aromatic rings. The van der Waals surface area contributed by atoms with Gasteiger partial charge in [-0.1, -0.05) is 17.0 Å². The second-order valence-electron chi connectivity index (χ2n) is 3.18. The normalized spacial score (nSPS) is 9.25. The van der Waals surface area contributed by atoms with Gasteiger partial charge >= 0.3 is 0 Å².